The van der Waals surface area contributed by atoms with E-state index in [1.54, 1.807) is 0 Å². The number of aromatic nitrogens is 2. The number of alkyl halides is 3. The van der Waals surface area contributed by atoms with E-state index >= 15 is 0 Å². The molecule has 120 valence electrons. The third-order valence-corrected chi connectivity index (χ3v) is 3.88. The van der Waals surface area contributed by atoms with Crippen molar-refractivity contribution in [2.75, 3.05) is 12.4 Å². The summed E-state index contributed by atoms with van der Waals surface area (Å²) in [7, 11) is 1.00. The molecule has 2 aliphatic rings. The van der Waals surface area contributed by atoms with Gasteiger partial charge >= 0.3 is 12.1 Å². The average Bonchev–Trinajstić information content (AvgIpc) is 3.08. The van der Waals surface area contributed by atoms with E-state index in [0.717, 1.165) is 26.1 Å². The summed E-state index contributed by atoms with van der Waals surface area (Å²) in [6.45, 7) is 0. The van der Waals surface area contributed by atoms with Crippen molar-refractivity contribution in [3.05, 3.63) is 17.5 Å². The number of hydrogen-bond acceptors (Lipinski definition) is 6. The van der Waals surface area contributed by atoms with Crippen molar-refractivity contribution in [2.24, 2.45) is 0 Å². The summed E-state index contributed by atoms with van der Waals surface area (Å²) in [5.41, 5.74) is -2.01. The number of ether oxygens (including phenoxy) is 2. The Morgan fingerprint density at radius 2 is 2.23 bits per heavy atom. The van der Waals surface area contributed by atoms with Crippen molar-refractivity contribution < 1.29 is 27.4 Å². The van der Waals surface area contributed by atoms with Crippen LogP contribution in [0.15, 0.2) is 6.20 Å². The highest BCUT2D eigenvalue weighted by atomic mass is 19.4. The van der Waals surface area contributed by atoms with Crippen molar-refractivity contribution in [1.82, 2.24) is 9.97 Å². The Morgan fingerprint density at radius 1 is 1.45 bits per heavy atom. The topological polar surface area (TPSA) is 73.3 Å². The van der Waals surface area contributed by atoms with Crippen LogP contribution in [0.2, 0.25) is 0 Å². The summed E-state index contributed by atoms with van der Waals surface area (Å²) < 4.78 is 49.1. The zero-order valence-corrected chi connectivity index (χ0v) is 11.7. The van der Waals surface area contributed by atoms with Crippen molar-refractivity contribution in [2.45, 2.75) is 43.7 Å². The third-order valence-electron chi connectivity index (χ3n) is 3.88. The molecule has 6 nitrogen and oxygen atoms in total. The number of halogens is 3. The van der Waals surface area contributed by atoms with E-state index in [4.69, 9.17) is 4.74 Å². The summed E-state index contributed by atoms with van der Waals surface area (Å²) in [6.07, 6.45) is -1.25. The van der Waals surface area contributed by atoms with Crippen LogP contribution in [0, 0.1) is 0 Å². The highest BCUT2D eigenvalue weighted by Gasteiger charge is 2.42. The molecule has 1 aromatic heterocycles. The first-order valence-electron chi connectivity index (χ1n) is 6.83. The fraction of sp³-hybridized carbons (Fsp3) is 0.615. The van der Waals surface area contributed by atoms with Gasteiger partial charge in [-0.3, -0.25) is 0 Å². The largest absolute Gasteiger partial charge is 0.465 e. The molecule has 0 radical (unpaired) electrons. The Labute approximate surface area is 124 Å². The average molecular weight is 317 g/mol. The van der Waals surface area contributed by atoms with E-state index in [1.165, 1.54) is 0 Å². The molecule has 1 aromatic rings. The maximum atomic E-state index is 13.0. The summed E-state index contributed by atoms with van der Waals surface area (Å²) in [6, 6.07) is -0.108. The fourth-order valence-corrected chi connectivity index (χ4v) is 2.88. The maximum absolute atomic E-state index is 13.0. The Morgan fingerprint density at radius 3 is 2.77 bits per heavy atom. The molecule has 0 spiro atoms. The molecule has 3 rings (SSSR count). The quantitative estimate of drug-likeness (QED) is 0.860. The van der Waals surface area contributed by atoms with Gasteiger partial charge in [0.05, 0.1) is 25.4 Å². The number of nitrogens with zero attached hydrogens (tertiary/aromatic N) is 2. The number of carbonyl (C=O) groups excluding carboxylic acids is 1. The van der Waals surface area contributed by atoms with E-state index in [2.05, 4.69) is 20.0 Å². The number of esters is 1. The van der Waals surface area contributed by atoms with Crippen LogP contribution in [0.3, 0.4) is 0 Å². The lowest BCUT2D eigenvalue weighted by molar-refractivity contribution is -0.141. The minimum atomic E-state index is -4.77. The standard InChI is InChI=1S/C13H14F3N3O3/c1-21-11(20)7-5-17-12(19-10(7)13(14,15)16)18-8-4-6-2-3-9(8)22-6/h5-6,8-9H,2-4H2,1H3,(H,17,18,19)/t6-,8+,9+/m0/s1. The van der Waals surface area contributed by atoms with Crippen LogP contribution in [-0.2, 0) is 15.7 Å². The first-order chi connectivity index (χ1) is 10.4. The number of rotatable bonds is 3. The van der Waals surface area contributed by atoms with Gasteiger partial charge in [-0.2, -0.15) is 13.2 Å². The number of carbonyl (C=O) groups is 1. The molecule has 3 atom stereocenters. The Hall–Kier alpha value is -1.90. The molecular weight excluding hydrogens is 303 g/mol. The van der Waals surface area contributed by atoms with Crippen LogP contribution in [0.25, 0.3) is 0 Å². The SMILES string of the molecule is COC(=O)c1cnc(N[C@@H]2C[C@@H]3CC[C@H]2O3)nc1C(F)(F)F. The zero-order chi connectivity index (χ0) is 15.9. The van der Waals surface area contributed by atoms with Crippen molar-refractivity contribution in [3.8, 4) is 0 Å². The molecular formula is C13H14F3N3O3. The summed E-state index contributed by atoms with van der Waals surface area (Å²) in [4.78, 5) is 18.6. The second-order valence-corrected chi connectivity index (χ2v) is 5.31. The number of anilines is 1. The normalized spacial score (nSPS) is 27.0. The third kappa shape index (κ3) is 2.72. The summed E-state index contributed by atoms with van der Waals surface area (Å²) in [5.74, 6) is -1.29. The van der Waals surface area contributed by atoms with Gasteiger partial charge in [0.2, 0.25) is 5.95 Å². The second-order valence-electron chi connectivity index (χ2n) is 5.31. The Balaban J connectivity index is 1.85. The molecule has 0 amide bonds. The molecule has 2 bridgehead atoms. The van der Waals surface area contributed by atoms with Crippen LogP contribution in [-0.4, -0.2) is 41.3 Å². The number of hydrogen-bond donors (Lipinski definition) is 1. The van der Waals surface area contributed by atoms with Crippen molar-refractivity contribution >= 4 is 11.9 Å². The van der Waals surface area contributed by atoms with Gasteiger partial charge in [-0.15, -0.1) is 0 Å². The fourth-order valence-electron chi connectivity index (χ4n) is 2.88. The molecule has 0 aromatic carbocycles. The molecule has 0 saturated carbocycles. The van der Waals surface area contributed by atoms with Crippen LogP contribution < -0.4 is 5.32 Å². The molecule has 22 heavy (non-hydrogen) atoms. The van der Waals surface area contributed by atoms with Crippen LogP contribution in [0.1, 0.15) is 35.3 Å². The van der Waals surface area contributed by atoms with Gasteiger partial charge in [0.1, 0.15) is 5.56 Å². The van der Waals surface area contributed by atoms with Gasteiger partial charge in [0.15, 0.2) is 5.69 Å². The Bertz CT molecular complexity index is 594. The number of nitrogens with one attached hydrogen (secondary N) is 1. The van der Waals surface area contributed by atoms with E-state index in [0.29, 0.717) is 6.42 Å². The van der Waals surface area contributed by atoms with Crippen LogP contribution in [0.5, 0.6) is 0 Å². The molecule has 1 N–H and O–H groups in total. The van der Waals surface area contributed by atoms with Gasteiger partial charge in [-0.25, -0.2) is 14.8 Å². The van der Waals surface area contributed by atoms with Crippen molar-refractivity contribution in [1.29, 1.82) is 0 Å². The van der Waals surface area contributed by atoms with Gasteiger partial charge in [0.25, 0.3) is 0 Å². The molecule has 3 heterocycles. The highest BCUT2D eigenvalue weighted by molar-refractivity contribution is 5.90. The molecule has 2 aliphatic heterocycles. The first kappa shape index (κ1) is 15.0. The molecule has 0 aliphatic carbocycles. The van der Waals surface area contributed by atoms with Gasteiger partial charge < -0.3 is 14.8 Å². The first-order valence-corrected chi connectivity index (χ1v) is 6.83. The predicted octanol–water partition coefficient (Wildman–Crippen LogP) is 2.01. The maximum Gasteiger partial charge on any atom is 0.434 e. The number of methoxy groups -OCH3 is 1. The highest BCUT2D eigenvalue weighted by Crippen LogP contribution is 2.36. The molecule has 0 unspecified atom stereocenters. The van der Waals surface area contributed by atoms with Crippen LogP contribution >= 0.6 is 0 Å². The minimum absolute atomic E-state index is 0.0248. The predicted molar refractivity (Wildman–Crippen MR) is 68.3 cm³/mol. The minimum Gasteiger partial charge on any atom is -0.465 e. The van der Waals surface area contributed by atoms with E-state index in [-0.39, 0.29) is 24.2 Å². The van der Waals surface area contributed by atoms with Gasteiger partial charge in [0, 0.05) is 6.20 Å². The monoisotopic (exact) mass is 317 g/mol. The van der Waals surface area contributed by atoms with Crippen molar-refractivity contribution in [3.63, 3.8) is 0 Å². The van der Waals surface area contributed by atoms with Crippen LogP contribution in [0.4, 0.5) is 19.1 Å². The lowest BCUT2D eigenvalue weighted by Crippen LogP contribution is -2.31. The lowest BCUT2D eigenvalue weighted by Gasteiger charge is -2.20. The van der Waals surface area contributed by atoms with Gasteiger partial charge in [-0.05, 0) is 19.3 Å². The Kier molecular flexibility index (Phi) is 3.67. The van der Waals surface area contributed by atoms with E-state index < -0.39 is 23.4 Å². The van der Waals surface area contributed by atoms with Gasteiger partial charge in [-0.1, -0.05) is 0 Å². The molecule has 9 heteroatoms. The summed E-state index contributed by atoms with van der Waals surface area (Å²) >= 11 is 0. The lowest BCUT2D eigenvalue weighted by atomic mass is 9.96. The molecule has 2 saturated heterocycles. The van der Waals surface area contributed by atoms with E-state index in [1.807, 2.05) is 0 Å². The smallest absolute Gasteiger partial charge is 0.434 e. The molecule has 2 fully saturated rings. The van der Waals surface area contributed by atoms with E-state index in [9.17, 15) is 18.0 Å². The summed E-state index contributed by atoms with van der Waals surface area (Å²) in [5, 5.41) is 2.87. The zero-order valence-electron chi connectivity index (χ0n) is 11.7. The number of fused-ring (bicyclic) bond motifs is 2. The second kappa shape index (κ2) is 5.38.